The van der Waals surface area contributed by atoms with Crippen molar-refractivity contribution in [2.24, 2.45) is 7.05 Å². The number of fused-ring (bicyclic) bond motifs is 1. The molecule has 0 amide bonds. The smallest absolute Gasteiger partial charge is 0.209 e. The van der Waals surface area contributed by atoms with Crippen LogP contribution in [0.3, 0.4) is 0 Å². The van der Waals surface area contributed by atoms with Gasteiger partial charge in [0.05, 0.1) is 0 Å². The molecule has 0 spiro atoms. The van der Waals surface area contributed by atoms with Crippen LogP contribution in [0.5, 0.6) is 5.75 Å². The monoisotopic (exact) mass is 473 g/mol. The number of thioether (sulfide) groups is 1. The summed E-state index contributed by atoms with van der Waals surface area (Å²) in [6.45, 7) is 1.78. The molecule has 0 aliphatic rings. The maximum atomic E-state index is 6.31. The Labute approximate surface area is 194 Å². The third-order valence-corrected chi connectivity index (χ3v) is 6.54. The van der Waals surface area contributed by atoms with Crippen molar-refractivity contribution in [3.8, 4) is 5.75 Å². The topological polar surface area (TPSA) is 64.9 Å². The lowest BCUT2D eigenvalue weighted by atomic mass is 10.0. The second kappa shape index (κ2) is 10.3. The SMILES string of the molecule is Cn1nnnc1SCCNCc1c(OCc2c(Cl)cccc2Cl)ccc2ccccc12. The van der Waals surface area contributed by atoms with E-state index in [0.29, 0.717) is 23.2 Å². The van der Waals surface area contributed by atoms with Crippen LogP contribution in [0, 0.1) is 0 Å². The van der Waals surface area contributed by atoms with Crippen LogP contribution < -0.4 is 10.1 Å². The highest BCUT2D eigenvalue weighted by atomic mass is 35.5. The van der Waals surface area contributed by atoms with Crippen LogP contribution in [0.15, 0.2) is 59.8 Å². The van der Waals surface area contributed by atoms with E-state index in [-0.39, 0.29) is 0 Å². The zero-order valence-electron chi connectivity index (χ0n) is 16.9. The molecule has 0 fully saturated rings. The molecule has 160 valence electrons. The summed E-state index contributed by atoms with van der Waals surface area (Å²) >= 11 is 14.2. The van der Waals surface area contributed by atoms with Gasteiger partial charge in [0.25, 0.3) is 0 Å². The summed E-state index contributed by atoms with van der Waals surface area (Å²) in [6, 6.07) is 17.8. The molecular formula is C22H21Cl2N5OS. The molecule has 0 unspecified atom stereocenters. The van der Waals surface area contributed by atoms with Gasteiger partial charge >= 0.3 is 0 Å². The zero-order valence-corrected chi connectivity index (χ0v) is 19.2. The van der Waals surface area contributed by atoms with E-state index < -0.39 is 0 Å². The Kier molecular flexibility index (Phi) is 7.29. The minimum Gasteiger partial charge on any atom is -0.488 e. The minimum atomic E-state index is 0.304. The molecule has 0 aliphatic heterocycles. The normalized spacial score (nSPS) is 11.2. The number of nitrogens with one attached hydrogen (secondary N) is 1. The van der Waals surface area contributed by atoms with Gasteiger partial charge < -0.3 is 10.1 Å². The molecule has 0 atom stereocenters. The molecule has 0 radical (unpaired) electrons. The summed E-state index contributed by atoms with van der Waals surface area (Å²) in [4.78, 5) is 0. The van der Waals surface area contributed by atoms with Crippen molar-refractivity contribution in [3.05, 3.63) is 75.8 Å². The molecule has 1 heterocycles. The van der Waals surface area contributed by atoms with E-state index >= 15 is 0 Å². The summed E-state index contributed by atoms with van der Waals surface area (Å²) in [6.07, 6.45) is 0. The summed E-state index contributed by atoms with van der Waals surface area (Å²) < 4.78 is 7.85. The van der Waals surface area contributed by atoms with E-state index in [9.17, 15) is 0 Å². The van der Waals surface area contributed by atoms with Crippen LogP contribution in [-0.4, -0.2) is 32.5 Å². The molecule has 6 nitrogen and oxygen atoms in total. The number of tetrazole rings is 1. The zero-order chi connectivity index (χ0) is 21.6. The number of hydrogen-bond donors (Lipinski definition) is 1. The Hall–Kier alpha value is -2.32. The molecule has 0 aliphatic carbocycles. The molecule has 0 saturated heterocycles. The average Bonchev–Trinajstić information content (AvgIpc) is 3.18. The fourth-order valence-electron chi connectivity index (χ4n) is 3.23. The molecule has 9 heteroatoms. The fraction of sp³-hybridized carbons (Fsp3) is 0.227. The quantitative estimate of drug-likeness (QED) is 0.268. The van der Waals surface area contributed by atoms with E-state index in [1.54, 1.807) is 16.4 Å². The summed E-state index contributed by atoms with van der Waals surface area (Å²) in [5.74, 6) is 1.66. The fourth-order valence-corrected chi connectivity index (χ4v) is 4.48. The molecule has 4 rings (SSSR count). The van der Waals surface area contributed by atoms with Gasteiger partial charge in [-0.3, -0.25) is 0 Å². The molecule has 3 aromatic carbocycles. The Morgan fingerprint density at radius 2 is 1.81 bits per heavy atom. The van der Waals surface area contributed by atoms with Gasteiger partial charge in [-0.05, 0) is 39.4 Å². The van der Waals surface area contributed by atoms with Gasteiger partial charge in [0.2, 0.25) is 5.16 Å². The van der Waals surface area contributed by atoms with Crippen molar-refractivity contribution in [1.29, 1.82) is 0 Å². The number of hydrogen-bond acceptors (Lipinski definition) is 6. The first kappa shape index (κ1) is 21.9. The lowest BCUT2D eigenvalue weighted by Crippen LogP contribution is -2.17. The maximum Gasteiger partial charge on any atom is 0.209 e. The third-order valence-electron chi connectivity index (χ3n) is 4.82. The summed E-state index contributed by atoms with van der Waals surface area (Å²) in [7, 11) is 1.83. The number of aryl methyl sites for hydroxylation is 1. The van der Waals surface area contributed by atoms with Crippen LogP contribution in [0.2, 0.25) is 10.0 Å². The highest BCUT2D eigenvalue weighted by molar-refractivity contribution is 7.99. The Morgan fingerprint density at radius 3 is 2.58 bits per heavy atom. The predicted octanol–water partition coefficient (Wildman–Crippen LogP) is 5.13. The molecule has 31 heavy (non-hydrogen) atoms. The van der Waals surface area contributed by atoms with E-state index in [1.165, 1.54) is 5.39 Å². The Morgan fingerprint density at radius 1 is 1.00 bits per heavy atom. The second-order valence-electron chi connectivity index (χ2n) is 6.86. The van der Waals surface area contributed by atoms with Crippen LogP contribution in [-0.2, 0) is 20.2 Å². The predicted molar refractivity (Wildman–Crippen MR) is 126 cm³/mol. The Balaban J connectivity index is 1.47. The van der Waals surface area contributed by atoms with Crippen LogP contribution in [0.25, 0.3) is 10.8 Å². The molecule has 1 aromatic heterocycles. The van der Waals surface area contributed by atoms with Gasteiger partial charge in [-0.1, -0.05) is 71.4 Å². The molecule has 0 bridgehead atoms. The molecular weight excluding hydrogens is 453 g/mol. The number of aromatic nitrogens is 4. The minimum absolute atomic E-state index is 0.304. The van der Waals surface area contributed by atoms with Crippen molar-refractivity contribution in [3.63, 3.8) is 0 Å². The summed E-state index contributed by atoms with van der Waals surface area (Å²) in [5.41, 5.74) is 1.89. The number of halogens is 2. The highest BCUT2D eigenvalue weighted by Crippen LogP contribution is 2.31. The standard InChI is InChI=1S/C22H21Cl2N5OS/c1-29-22(26-27-28-29)31-12-11-25-13-17-16-6-3-2-5-15(16)9-10-21(17)30-14-18-19(23)7-4-8-20(18)24/h2-10,25H,11-14H2,1H3. The van der Waals surface area contributed by atoms with E-state index in [1.807, 2.05) is 43.4 Å². The summed E-state index contributed by atoms with van der Waals surface area (Å²) in [5, 5.41) is 19.3. The van der Waals surface area contributed by atoms with Crippen molar-refractivity contribution in [1.82, 2.24) is 25.5 Å². The van der Waals surface area contributed by atoms with Crippen LogP contribution in [0.4, 0.5) is 0 Å². The van der Waals surface area contributed by atoms with Gasteiger partial charge in [0.1, 0.15) is 12.4 Å². The lowest BCUT2D eigenvalue weighted by molar-refractivity contribution is 0.303. The van der Waals surface area contributed by atoms with E-state index in [2.05, 4.69) is 39.0 Å². The van der Waals surface area contributed by atoms with Crippen molar-refractivity contribution in [2.75, 3.05) is 12.3 Å². The first-order valence-electron chi connectivity index (χ1n) is 9.75. The van der Waals surface area contributed by atoms with Crippen LogP contribution in [0.1, 0.15) is 11.1 Å². The third kappa shape index (κ3) is 5.30. The highest BCUT2D eigenvalue weighted by Gasteiger charge is 2.12. The Bertz CT molecular complexity index is 1160. The number of nitrogens with zero attached hydrogens (tertiary/aromatic N) is 4. The van der Waals surface area contributed by atoms with Gasteiger partial charge in [0.15, 0.2) is 0 Å². The lowest BCUT2D eigenvalue weighted by Gasteiger charge is -2.16. The second-order valence-corrected chi connectivity index (χ2v) is 8.74. The van der Waals surface area contributed by atoms with Crippen molar-refractivity contribution < 1.29 is 4.74 Å². The molecule has 0 saturated carbocycles. The van der Waals surface area contributed by atoms with Gasteiger partial charge in [-0.2, -0.15) is 0 Å². The number of benzene rings is 3. The number of rotatable bonds is 9. The maximum absolute atomic E-state index is 6.31. The van der Waals surface area contributed by atoms with E-state index in [0.717, 1.165) is 39.7 Å². The number of ether oxygens (including phenoxy) is 1. The first-order chi connectivity index (χ1) is 15.1. The van der Waals surface area contributed by atoms with Crippen molar-refractivity contribution in [2.45, 2.75) is 18.3 Å². The van der Waals surface area contributed by atoms with Crippen molar-refractivity contribution >= 4 is 45.7 Å². The van der Waals surface area contributed by atoms with Crippen LogP contribution >= 0.6 is 35.0 Å². The van der Waals surface area contributed by atoms with Gasteiger partial charge in [0, 0.05) is 47.1 Å². The first-order valence-corrected chi connectivity index (χ1v) is 11.5. The van der Waals surface area contributed by atoms with E-state index in [4.69, 9.17) is 27.9 Å². The van der Waals surface area contributed by atoms with Gasteiger partial charge in [-0.25, -0.2) is 4.68 Å². The molecule has 1 N–H and O–H groups in total. The largest absolute Gasteiger partial charge is 0.488 e. The molecule has 4 aromatic rings. The average molecular weight is 474 g/mol. The van der Waals surface area contributed by atoms with Gasteiger partial charge in [-0.15, -0.1) is 5.10 Å².